The molecule has 5 aliphatic rings. The number of phenols is 1. The second-order valence-corrected chi connectivity index (χ2v) is 9.15. The highest BCUT2D eigenvalue weighted by atomic mass is 16.6. The number of carbonyl (C=O) groups is 1. The first-order chi connectivity index (χ1) is 13.5. The highest BCUT2D eigenvalue weighted by molar-refractivity contribution is 5.99. The fourth-order valence-corrected chi connectivity index (χ4v) is 6.61. The number of phenolic OH excluding ortho intramolecular Hbond substituents is 1. The van der Waals surface area contributed by atoms with Crippen LogP contribution in [0.15, 0.2) is 24.3 Å². The van der Waals surface area contributed by atoms with E-state index in [1.54, 1.807) is 12.1 Å². The van der Waals surface area contributed by atoms with Gasteiger partial charge in [0, 0.05) is 30.9 Å². The Balaban J connectivity index is 1.64. The van der Waals surface area contributed by atoms with Crippen molar-refractivity contribution in [3.05, 3.63) is 40.6 Å². The van der Waals surface area contributed by atoms with Crippen LogP contribution in [0.3, 0.4) is 0 Å². The van der Waals surface area contributed by atoms with E-state index in [-0.39, 0.29) is 22.2 Å². The van der Waals surface area contributed by atoms with Crippen molar-refractivity contribution >= 4 is 5.78 Å². The van der Waals surface area contributed by atoms with Crippen LogP contribution in [0.4, 0.5) is 0 Å². The van der Waals surface area contributed by atoms with Gasteiger partial charge in [0.05, 0.1) is 18.5 Å². The number of likely N-dealkylation sites (tertiary alicyclic amines) is 1. The van der Waals surface area contributed by atoms with Crippen molar-refractivity contribution in [2.45, 2.75) is 55.8 Å². The lowest BCUT2D eigenvalue weighted by Gasteiger charge is -2.67. The van der Waals surface area contributed by atoms with Crippen molar-refractivity contribution in [2.24, 2.45) is 5.92 Å². The van der Waals surface area contributed by atoms with Gasteiger partial charge in [-0.1, -0.05) is 6.07 Å². The molecular weight excluding hydrogens is 358 g/mol. The molecule has 6 rings (SSSR count). The van der Waals surface area contributed by atoms with Crippen LogP contribution in [0.1, 0.15) is 37.3 Å². The topological polar surface area (TPSA) is 78.8 Å². The zero-order valence-corrected chi connectivity index (χ0v) is 16.0. The molecule has 1 unspecified atom stereocenters. The van der Waals surface area contributed by atoms with E-state index < -0.39 is 17.1 Å². The molecule has 148 valence electrons. The molecule has 28 heavy (non-hydrogen) atoms. The highest BCUT2D eigenvalue weighted by Crippen LogP contribution is 2.66. The molecule has 0 amide bonds. The van der Waals surface area contributed by atoms with Crippen LogP contribution in [0.5, 0.6) is 11.5 Å². The van der Waals surface area contributed by atoms with E-state index in [2.05, 4.69) is 0 Å². The molecule has 6 nitrogen and oxygen atoms in total. The summed E-state index contributed by atoms with van der Waals surface area (Å²) in [5, 5.41) is 24.7. The van der Waals surface area contributed by atoms with Crippen molar-refractivity contribution in [1.29, 1.82) is 0 Å². The zero-order valence-electron chi connectivity index (χ0n) is 16.0. The summed E-state index contributed by atoms with van der Waals surface area (Å²) < 4.78 is 12.3. The second-order valence-electron chi connectivity index (χ2n) is 9.15. The Morgan fingerprint density at radius 1 is 1.39 bits per heavy atom. The lowest BCUT2D eigenvalue weighted by molar-refractivity contribution is -0.922. The zero-order chi connectivity index (χ0) is 19.3. The van der Waals surface area contributed by atoms with E-state index in [1.807, 2.05) is 19.1 Å². The minimum Gasteiger partial charge on any atom is -0.632 e. The van der Waals surface area contributed by atoms with Crippen LogP contribution in [0.2, 0.25) is 0 Å². The Morgan fingerprint density at radius 2 is 2.21 bits per heavy atom. The molecule has 2 heterocycles. The van der Waals surface area contributed by atoms with Gasteiger partial charge in [-0.3, -0.25) is 4.79 Å². The van der Waals surface area contributed by atoms with Crippen LogP contribution in [-0.2, 0) is 21.4 Å². The van der Waals surface area contributed by atoms with Crippen molar-refractivity contribution in [2.75, 3.05) is 19.7 Å². The number of hydrogen-bond donors (Lipinski definition) is 1. The number of piperidine rings is 1. The number of ether oxygens (including phenoxy) is 2. The SMILES string of the molecule is CCO[C@@]12C=CC(=O)[C@@H]3Oc4c(O)ccc5c4[C@@]31CC[N+]([O-])(CC1CC1)[C@@H]2C5. The van der Waals surface area contributed by atoms with Gasteiger partial charge in [0.15, 0.2) is 29.0 Å². The predicted octanol–water partition coefficient (Wildman–Crippen LogP) is 2.36. The van der Waals surface area contributed by atoms with Crippen molar-refractivity contribution in [3.63, 3.8) is 0 Å². The number of benzene rings is 1. The van der Waals surface area contributed by atoms with E-state index in [9.17, 15) is 15.1 Å². The van der Waals surface area contributed by atoms with Crippen LogP contribution < -0.4 is 4.74 Å². The minimum atomic E-state index is -0.874. The van der Waals surface area contributed by atoms with Gasteiger partial charge in [-0.2, -0.15) is 0 Å². The molecule has 5 atom stereocenters. The maximum Gasteiger partial charge on any atom is 0.197 e. The lowest BCUT2D eigenvalue weighted by atomic mass is 9.50. The molecule has 2 bridgehead atoms. The number of quaternary nitrogens is 1. The van der Waals surface area contributed by atoms with E-state index in [4.69, 9.17) is 9.47 Å². The first-order valence-corrected chi connectivity index (χ1v) is 10.4. The molecule has 1 saturated carbocycles. The number of ketones is 1. The molecule has 2 fully saturated rings. The molecule has 1 spiro atoms. The maximum absolute atomic E-state index is 14.2. The van der Waals surface area contributed by atoms with Crippen molar-refractivity contribution < 1.29 is 24.0 Å². The van der Waals surface area contributed by atoms with Gasteiger partial charge in [0.2, 0.25) is 0 Å². The van der Waals surface area contributed by atoms with Crippen LogP contribution in [0.25, 0.3) is 0 Å². The molecule has 0 radical (unpaired) electrons. The Kier molecular flexibility index (Phi) is 3.14. The maximum atomic E-state index is 14.2. The summed E-state index contributed by atoms with van der Waals surface area (Å²) in [4.78, 5) is 12.9. The van der Waals surface area contributed by atoms with E-state index in [0.717, 1.165) is 24.0 Å². The average molecular weight is 383 g/mol. The summed E-state index contributed by atoms with van der Waals surface area (Å²) in [5.41, 5.74) is 0.322. The molecule has 1 saturated heterocycles. The largest absolute Gasteiger partial charge is 0.632 e. The fourth-order valence-electron chi connectivity index (χ4n) is 6.61. The summed E-state index contributed by atoms with van der Waals surface area (Å²) in [7, 11) is 0. The van der Waals surface area contributed by atoms with Gasteiger partial charge in [0.1, 0.15) is 6.04 Å². The fraction of sp³-hybridized carbons (Fsp3) is 0.591. The van der Waals surface area contributed by atoms with Gasteiger partial charge in [-0.15, -0.1) is 0 Å². The summed E-state index contributed by atoms with van der Waals surface area (Å²) in [5.74, 6) is 0.873. The number of aromatic hydroxyl groups is 1. The number of rotatable bonds is 4. The molecule has 2 aliphatic heterocycles. The van der Waals surface area contributed by atoms with Gasteiger partial charge in [0.25, 0.3) is 0 Å². The molecule has 3 aliphatic carbocycles. The van der Waals surface area contributed by atoms with Crippen molar-refractivity contribution in [1.82, 2.24) is 0 Å². The van der Waals surface area contributed by atoms with Crippen LogP contribution in [-0.4, -0.2) is 53.0 Å². The number of carbonyl (C=O) groups excluding carboxylic acids is 1. The predicted molar refractivity (Wildman–Crippen MR) is 101 cm³/mol. The Morgan fingerprint density at radius 3 is 2.96 bits per heavy atom. The summed E-state index contributed by atoms with van der Waals surface area (Å²) in [6, 6.07) is 3.23. The van der Waals surface area contributed by atoms with Gasteiger partial charge < -0.3 is 24.4 Å². The standard InChI is InChI=1S/C22H25NO5/c1-2-27-22-8-7-16(25)20-21(22)9-10-23(26,12-13-3-4-13)17(22)11-14-5-6-15(24)19(28-20)18(14)21/h5-8,13,17,20,24H,2-4,9-12H2,1H3/t17-,20+,21+,22-,23?/m1/s1. The third kappa shape index (κ3) is 1.78. The average Bonchev–Trinajstić information content (AvgIpc) is 3.39. The Bertz CT molecular complexity index is 924. The summed E-state index contributed by atoms with van der Waals surface area (Å²) >= 11 is 0. The molecule has 1 aromatic rings. The quantitative estimate of drug-likeness (QED) is 0.638. The van der Waals surface area contributed by atoms with E-state index >= 15 is 0 Å². The smallest absolute Gasteiger partial charge is 0.197 e. The highest BCUT2D eigenvalue weighted by Gasteiger charge is 2.76. The molecule has 0 aromatic heterocycles. The second kappa shape index (κ2) is 5.17. The Hall–Kier alpha value is -1.89. The van der Waals surface area contributed by atoms with Gasteiger partial charge >= 0.3 is 0 Å². The van der Waals surface area contributed by atoms with Crippen LogP contribution in [0, 0.1) is 11.1 Å². The number of hydroxylamine groups is 3. The normalized spacial score (nSPS) is 42.3. The summed E-state index contributed by atoms with van der Waals surface area (Å²) in [6.45, 7) is 3.49. The summed E-state index contributed by atoms with van der Waals surface area (Å²) in [6.07, 6.45) is 6.06. The van der Waals surface area contributed by atoms with Crippen LogP contribution >= 0.6 is 0 Å². The van der Waals surface area contributed by atoms with Gasteiger partial charge in [-0.25, -0.2) is 0 Å². The number of nitrogens with zero attached hydrogens (tertiary/aromatic N) is 1. The molecule has 6 heteroatoms. The third-order valence-corrected chi connectivity index (χ3v) is 7.81. The molecular formula is C22H25NO5. The van der Waals surface area contributed by atoms with E-state index in [0.29, 0.717) is 44.2 Å². The van der Waals surface area contributed by atoms with Crippen molar-refractivity contribution in [3.8, 4) is 11.5 Å². The van der Waals surface area contributed by atoms with E-state index in [1.165, 1.54) is 0 Å². The molecule has 1 aromatic carbocycles. The minimum absolute atomic E-state index is 0.0607. The first kappa shape index (κ1) is 17.0. The third-order valence-electron chi connectivity index (χ3n) is 7.81. The lowest BCUT2D eigenvalue weighted by Crippen LogP contribution is -2.80. The Labute approximate surface area is 163 Å². The van der Waals surface area contributed by atoms with Gasteiger partial charge in [-0.05, 0) is 43.5 Å². The molecule has 1 N–H and O–H groups in total. The first-order valence-electron chi connectivity index (χ1n) is 10.4. The monoisotopic (exact) mass is 383 g/mol. The number of hydrogen-bond acceptors (Lipinski definition) is 5.